The molecule has 0 spiro atoms. The number of anilines is 1. The van der Waals surface area contributed by atoms with Gasteiger partial charge in [0.2, 0.25) is 11.8 Å². The number of rotatable bonds is 7. The van der Waals surface area contributed by atoms with Crippen molar-refractivity contribution in [3.8, 4) is 11.6 Å². The summed E-state index contributed by atoms with van der Waals surface area (Å²) in [6.45, 7) is 3.27. The fraction of sp³-hybridized carbons (Fsp3) is 0.250. The molecule has 1 aromatic heterocycles. The van der Waals surface area contributed by atoms with E-state index in [9.17, 15) is 18.0 Å². The average molecular weight is 445 g/mol. The Morgan fingerprint density at radius 1 is 1.17 bits per heavy atom. The van der Waals surface area contributed by atoms with Crippen molar-refractivity contribution in [3.05, 3.63) is 41.0 Å². The van der Waals surface area contributed by atoms with Crippen LogP contribution in [0.5, 0.6) is 11.6 Å². The molecule has 1 aromatic carbocycles. The van der Waals surface area contributed by atoms with Gasteiger partial charge in [0.15, 0.2) is 5.75 Å². The summed E-state index contributed by atoms with van der Waals surface area (Å²) in [5.74, 6) is -1.35. The van der Waals surface area contributed by atoms with E-state index in [2.05, 4.69) is 15.3 Å². The maximum atomic E-state index is 12.1. The lowest BCUT2D eigenvalue weighted by molar-refractivity contribution is 0.0376. The number of methoxy groups -OCH3 is 1. The topological polar surface area (TPSA) is 146 Å². The Labute approximate surface area is 171 Å². The predicted molar refractivity (Wildman–Crippen MR) is 102 cm³/mol. The van der Waals surface area contributed by atoms with Crippen LogP contribution in [0.3, 0.4) is 0 Å². The molecule has 0 fully saturated rings. The van der Waals surface area contributed by atoms with Gasteiger partial charge in [0.05, 0.1) is 13.2 Å². The molecule has 2 rings (SSSR count). The second kappa shape index (κ2) is 9.39. The number of carbonyl (C=O) groups is 2. The maximum absolute atomic E-state index is 12.1. The lowest BCUT2D eigenvalue weighted by Crippen LogP contribution is -2.37. The SMILES string of the molecule is COc1cc(Cl)nc(NC(=O)NS(=O)(=O)Oc2ccccc2C(=O)OC(C)C)n1. The molecule has 2 aromatic rings. The van der Waals surface area contributed by atoms with Crippen molar-refractivity contribution < 1.29 is 31.7 Å². The smallest absolute Gasteiger partial charge is 0.411 e. The van der Waals surface area contributed by atoms with Crippen molar-refractivity contribution in [2.75, 3.05) is 12.4 Å². The third-order valence-electron chi connectivity index (χ3n) is 2.97. The van der Waals surface area contributed by atoms with Gasteiger partial charge in [-0.05, 0) is 26.0 Å². The van der Waals surface area contributed by atoms with Crippen molar-refractivity contribution in [3.63, 3.8) is 0 Å². The lowest BCUT2D eigenvalue weighted by atomic mass is 10.2. The molecule has 0 atom stereocenters. The molecule has 13 heteroatoms. The van der Waals surface area contributed by atoms with Crippen molar-refractivity contribution in [2.45, 2.75) is 20.0 Å². The quantitative estimate of drug-likeness (QED) is 0.484. The predicted octanol–water partition coefficient (Wildman–Crippen LogP) is 2.15. The Balaban J connectivity index is 2.12. The molecule has 0 aliphatic carbocycles. The third kappa shape index (κ3) is 6.76. The first kappa shape index (κ1) is 22.2. The van der Waals surface area contributed by atoms with Crippen LogP contribution in [0.1, 0.15) is 24.2 Å². The number of hydrogen-bond donors (Lipinski definition) is 2. The summed E-state index contributed by atoms with van der Waals surface area (Å²) in [6, 6.07) is 5.57. The molecule has 0 saturated carbocycles. The van der Waals surface area contributed by atoms with E-state index < -0.39 is 28.4 Å². The Kier molecular flexibility index (Phi) is 7.18. The molecular weight excluding hydrogens is 428 g/mol. The molecule has 11 nitrogen and oxygen atoms in total. The highest BCUT2D eigenvalue weighted by Crippen LogP contribution is 2.21. The molecule has 0 unspecified atom stereocenters. The molecule has 2 N–H and O–H groups in total. The van der Waals surface area contributed by atoms with Crippen LogP contribution in [0.4, 0.5) is 10.7 Å². The zero-order valence-electron chi connectivity index (χ0n) is 15.5. The minimum atomic E-state index is -4.65. The number of nitrogens with zero attached hydrogens (tertiary/aromatic N) is 2. The number of ether oxygens (including phenoxy) is 2. The van der Waals surface area contributed by atoms with Crippen LogP contribution in [-0.4, -0.2) is 43.6 Å². The van der Waals surface area contributed by atoms with E-state index in [1.165, 1.54) is 37.4 Å². The molecule has 0 bridgehead atoms. The zero-order valence-corrected chi connectivity index (χ0v) is 17.1. The Bertz CT molecular complexity index is 1010. The molecule has 2 amide bonds. The monoisotopic (exact) mass is 444 g/mol. The lowest BCUT2D eigenvalue weighted by Gasteiger charge is -2.13. The number of hydrogen-bond acceptors (Lipinski definition) is 9. The number of halogens is 1. The first-order chi connectivity index (χ1) is 13.6. The van der Waals surface area contributed by atoms with Gasteiger partial charge in [-0.15, -0.1) is 0 Å². The zero-order chi connectivity index (χ0) is 21.6. The Morgan fingerprint density at radius 2 is 1.86 bits per heavy atom. The molecule has 1 heterocycles. The van der Waals surface area contributed by atoms with Crippen molar-refractivity contribution in [1.29, 1.82) is 0 Å². The van der Waals surface area contributed by atoms with Gasteiger partial charge in [-0.2, -0.15) is 13.4 Å². The van der Waals surface area contributed by atoms with E-state index >= 15 is 0 Å². The van der Waals surface area contributed by atoms with E-state index in [0.29, 0.717) is 0 Å². The van der Waals surface area contributed by atoms with Crippen LogP contribution < -0.4 is 19.0 Å². The van der Waals surface area contributed by atoms with E-state index in [1.54, 1.807) is 18.6 Å². The van der Waals surface area contributed by atoms with Crippen molar-refractivity contribution >= 4 is 39.9 Å². The van der Waals surface area contributed by atoms with Crippen LogP contribution in [0, 0.1) is 0 Å². The Hall–Kier alpha value is -3.12. The highest BCUT2D eigenvalue weighted by molar-refractivity contribution is 7.85. The van der Waals surface area contributed by atoms with Gasteiger partial charge in [-0.25, -0.2) is 19.3 Å². The number of para-hydroxylation sites is 1. The molecular formula is C16H17ClN4O7S. The number of aromatic nitrogens is 2. The minimum Gasteiger partial charge on any atom is -0.481 e. The molecule has 29 heavy (non-hydrogen) atoms. The van der Waals surface area contributed by atoms with Gasteiger partial charge in [0, 0.05) is 6.07 Å². The summed E-state index contributed by atoms with van der Waals surface area (Å²) < 4.78 is 40.6. The standard InChI is InChI=1S/C16H17ClN4O7S/c1-9(2)27-14(22)10-6-4-5-7-11(10)28-29(24,25)21-16(23)20-15-18-12(17)8-13(19-15)26-3/h4-9H,1-3H3,(H2,18,19,20,21,23). The summed E-state index contributed by atoms with van der Waals surface area (Å²) in [5, 5.41) is 2.04. The average Bonchev–Trinajstić information content (AvgIpc) is 2.59. The summed E-state index contributed by atoms with van der Waals surface area (Å²) in [5.41, 5.74) is -0.130. The van der Waals surface area contributed by atoms with Crippen molar-refractivity contribution in [1.82, 2.24) is 14.7 Å². The van der Waals surface area contributed by atoms with Gasteiger partial charge >= 0.3 is 22.3 Å². The van der Waals surface area contributed by atoms with Crippen LogP contribution in [-0.2, 0) is 15.0 Å². The highest BCUT2D eigenvalue weighted by atomic mass is 35.5. The van der Waals surface area contributed by atoms with Gasteiger partial charge in [-0.1, -0.05) is 23.7 Å². The van der Waals surface area contributed by atoms with E-state index in [0.717, 1.165) is 0 Å². The van der Waals surface area contributed by atoms with Gasteiger partial charge in [-0.3, -0.25) is 5.32 Å². The van der Waals surface area contributed by atoms with Gasteiger partial charge < -0.3 is 13.7 Å². The number of carbonyl (C=O) groups excluding carboxylic acids is 2. The largest absolute Gasteiger partial charge is 0.481 e. The summed E-state index contributed by atoms with van der Waals surface area (Å²) >= 11 is 5.75. The van der Waals surface area contributed by atoms with Crippen LogP contribution in [0.15, 0.2) is 30.3 Å². The van der Waals surface area contributed by atoms with E-state index in [-0.39, 0.29) is 28.3 Å². The number of nitrogens with one attached hydrogen (secondary N) is 2. The van der Waals surface area contributed by atoms with Crippen LogP contribution >= 0.6 is 11.6 Å². The molecule has 0 aliphatic heterocycles. The van der Waals surface area contributed by atoms with Crippen LogP contribution in [0.2, 0.25) is 5.15 Å². The second-order valence-electron chi connectivity index (χ2n) is 5.60. The normalized spacial score (nSPS) is 10.9. The number of amides is 2. The first-order valence-electron chi connectivity index (χ1n) is 8.01. The number of urea groups is 1. The summed E-state index contributed by atoms with van der Waals surface area (Å²) in [6.07, 6.45) is -0.425. The first-order valence-corrected chi connectivity index (χ1v) is 9.80. The summed E-state index contributed by atoms with van der Waals surface area (Å²) in [4.78, 5) is 31.5. The fourth-order valence-corrected chi connectivity index (χ4v) is 2.80. The van der Waals surface area contributed by atoms with Crippen molar-refractivity contribution in [2.24, 2.45) is 0 Å². The minimum absolute atomic E-state index is 0.0381. The number of benzene rings is 1. The van der Waals surface area contributed by atoms with E-state index in [1.807, 2.05) is 0 Å². The molecule has 0 saturated heterocycles. The van der Waals surface area contributed by atoms with Crippen LogP contribution in [0.25, 0.3) is 0 Å². The Morgan fingerprint density at radius 3 is 2.52 bits per heavy atom. The molecule has 156 valence electrons. The number of esters is 1. The maximum Gasteiger partial charge on any atom is 0.411 e. The molecule has 0 radical (unpaired) electrons. The summed E-state index contributed by atoms with van der Waals surface area (Å²) in [7, 11) is -3.33. The second-order valence-corrected chi connectivity index (χ2v) is 7.27. The molecule has 0 aliphatic rings. The third-order valence-corrected chi connectivity index (χ3v) is 4.00. The fourth-order valence-electron chi connectivity index (χ4n) is 1.92. The highest BCUT2D eigenvalue weighted by Gasteiger charge is 2.22. The van der Waals surface area contributed by atoms with Gasteiger partial charge in [0.25, 0.3) is 0 Å². The van der Waals surface area contributed by atoms with Gasteiger partial charge in [0.1, 0.15) is 10.7 Å². The van der Waals surface area contributed by atoms with E-state index in [4.69, 9.17) is 25.3 Å².